The summed E-state index contributed by atoms with van der Waals surface area (Å²) >= 11 is 10.7. The maximum absolute atomic E-state index is 11.9. The predicted molar refractivity (Wildman–Crippen MR) is 88.7 cm³/mol. The summed E-state index contributed by atoms with van der Waals surface area (Å²) in [5, 5.41) is 5.26. The van der Waals surface area contributed by atoms with E-state index in [4.69, 9.17) is 28.6 Å². The summed E-state index contributed by atoms with van der Waals surface area (Å²) in [4.78, 5) is 23.7. The molecule has 1 saturated heterocycles. The Bertz CT molecular complexity index is 636. The Morgan fingerprint density at radius 3 is 2.59 bits per heavy atom. The van der Waals surface area contributed by atoms with E-state index in [-0.39, 0.29) is 10.7 Å². The van der Waals surface area contributed by atoms with Gasteiger partial charge in [0.15, 0.2) is 5.11 Å². The van der Waals surface area contributed by atoms with Crippen LogP contribution in [0.3, 0.4) is 0 Å². The van der Waals surface area contributed by atoms with Crippen LogP contribution < -0.4 is 15.4 Å². The van der Waals surface area contributed by atoms with Gasteiger partial charge in [-0.2, -0.15) is 0 Å². The summed E-state index contributed by atoms with van der Waals surface area (Å²) in [5.74, 6) is -0.527. The maximum Gasteiger partial charge on any atom is 0.263 e. The van der Waals surface area contributed by atoms with Crippen molar-refractivity contribution in [1.29, 1.82) is 0 Å². The Balaban J connectivity index is 2.32. The number of hydrogen-bond donors (Lipinski definition) is 2. The number of thiocarbonyl (C=S) groups is 1. The van der Waals surface area contributed by atoms with Crippen molar-refractivity contribution < 1.29 is 14.3 Å². The zero-order valence-corrected chi connectivity index (χ0v) is 13.5. The van der Waals surface area contributed by atoms with Crippen LogP contribution >= 0.6 is 23.8 Å². The SMILES string of the molecule is CCCCOc1ccc(Cl)cc1C=C1C(=O)NC(=S)NC1=O. The molecule has 2 N–H and O–H groups in total. The fraction of sp³-hybridized carbons (Fsp3) is 0.267. The van der Waals surface area contributed by atoms with Gasteiger partial charge in [-0.3, -0.25) is 20.2 Å². The molecule has 1 heterocycles. The molecule has 1 aromatic rings. The monoisotopic (exact) mass is 338 g/mol. The van der Waals surface area contributed by atoms with Gasteiger partial charge in [-0.05, 0) is 42.9 Å². The summed E-state index contributed by atoms with van der Waals surface area (Å²) < 4.78 is 5.67. The van der Waals surface area contributed by atoms with Crippen LogP contribution in [0.1, 0.15) is 25.3 Å². The molecule has 1 aromatic carbocycles. The van der Waals surface area contributed by atoms with Crippen LogP contribution in [-0.2, 0) is 9.59 Å². The van der Waals surface area contributed by atoms with Crippen molar-refractivity contribution in [3.63, 3.8) is 0 Å². The lowest BCUT2D eigenvalue weighted by molar-refractivity contribution is -0.123. The molecular weight excluding hydrogens is 324 g/mol. The third-order valence-electron chi connectivity index (χ3n) is 2.97. The Hall–Kier alpha value is -1.92. The molecule has 7 heteroatoms. The lowest BCUT2D eigenvalue weighted by Gasteiger charge is -2.17. The first-order valence-corrected chi connectivity index (χ1v) is 7.60. The zero-order valence-electron chi connectivity index (χ0n) is 11.9. The number of nitrogens with one attached hydrogen (secondary N) is 2. The van der Waals surface area contributed by atoms with Gasteiger partial charge >= 0.3 is 0 Å². The number of rotatable bonds is 5. The second-order valence-electron chi connectivity index (χ2n) is 4.68. The summed E-state index contributed by atoms with van der Waals surface area (Å²) in [6, 6.07) is 5.05. The lowest BCUT2D eigenvalue weighted by Crippen LogP contribution is -2.51. The first-order chi connectivity index (χ1) is 10.5. The Kier molecular flexibility index (Phi) is 5.51. The number of carbonyl (C=O) groups excluding carboxylic acids is 2. The molecule has 0 aliphatic carbocycles. The largest absolute Gasteiger partial charge is 0.493 e. The molecule has 0 atom stereocenters. The smallest absolute Gasteiger partial charge is 0.263 e. The fourth-order valence-corrected chi connectivity index (χ4v) is 2.22. The summed E-state index contributed by atoms with van der Waals surface area (Å²) in [6.45, 7) is 2.62. The first-order valence-electron chi connectivity index (χ1n) is 6.82. The van der Waals surface area contributed by atoms with Gasteiger partial charge in [0, 0.05) is 10.6 Å². The molecular formula is C15H15ClN2O3S. The van der Waals surface area contributed by atoms with Gasteiger partial charge < -0.3 is 4.74 Å². The standard InChI is InChI=1S/C15H15ClN2O3S/c1-2-3-6-21-12-5-4-10(16)7-9(12)8-11-13(19)17-15(22)18-14(11)20/h4-5,7-8H,2-3,6H2,1H3,(H2,17,18,19,20,22). The van der Waals surface area contributed by atoms with Gasteiger partial charge in [-0.1, -0.05) is 24.9 Å². The molecule has 0 spiro atoms. The van der Waals surface area contributed by atoms with E-state index >= 15 is 0 Å². The number of unbranched alkanes of at least 4 members (excludes halogenated alkanes) is 1. The van der Waals surface area contributed by atoms with Crippen molar-refractivity contribution in [2.75, 3.05) is 6.61 Å². The fourth-order valence-electron chi connectivity index (χ4n) is 1.85. The van der Waals surface area contributed by atoms with Crippen LogP contribution in [0.4, 0.5) is 0 Å². The molecule has 0 aromatic heterocycles. The van der Waals surface area contributed by atoms with Gasteiger partial charge in [0.2, 0.25) is 0 Å². The van der Waals surface area contributed by atoms with E-state index in [1.807, 2.05) is 0 Å². The minimum atomic E-state index is -0.548. The van der Waals surface area contributed by atoms with Crippen LogP contribution in [0.15, 0.2) is 23.8 Å². The quantitative estimate of drug-likeness (QED) is 0.374. The number of amides is 2. The molecule has 1 aliphatic rings. The molecule has 0 unspecified atom stereocenters. The predicted octanol–water partition coefficient (Wildman–Crippen LogP) is 2.43. The average molecular weight is 339 g/mol. The topological polar surface area (TPSA) is 67.4 Å². The van der Waals surface area contributed by atoms with Crippen molar-refractivity contribution in [2.45, 2.75) is 19.8 Å². The Morgan fingerprint density at radius 1 is 1.27 bits per heavy atom. The van der Waals surface area contributed by atoms with E-state index in [9.17, 15) is 9.59 Å². The van der Waals surface area contributed by atoms with E-state index in [1.165, 1.54) is 6.08 Å². The number of halogens is 1. The van der Waals surface area contributed by atoms with Crippen LogP contribution in [0.5, 0.6) is 5.75 Å². The van der Waals surface area contributed by atoms with Gasteiger partial charge in [0.05, 0.1) is 6.61 Å². The third kappa shape index (κ3) is 4.05. The highest BCUT2D eigenvalue weighted by atomic mass is 35.5. The second-order valence-corrected chi connectivity index (χ2v) is 5.52. The van der Waals surface area contributed by atoms with Crippen molar-refractivity contribution in [3.05, 3.63) is 34.4 Å². The number of benzene rings is 1. The van der Waals surface area contributed by atoms with E-state index in [2.05, 4.69) is 17.6 Å². The number of carbonyl (C=O) groups is 2. The van der Waals surface area contributed by atoms with Crippen molar-refractivity contribution in [3.8, 4) is 5.75 Å². The summed E-state index contributed by atoms with van der Waals surface area (Å²) in [7, 11) is 0. The average Bonchev–Trinajstić information content (AvgIpc) is 2.45. The van der Waals surface area contributed by atoms with Gasteiger partial charge in [-0.25, -0.2) is 0 Å². The molecule has 1 fully saturated rings. The molecule has 116 valence electrons. The van der Waals surface area contributed by atoms with Crippen LogP contribution in [0.2, 0.25) is 5.02 Å². The molecule has 0 saturated carbocycles. The van der Waals surface area contributed by atoms with Gasteiger partial charge in [0.1, 0.15) is 11.3 Å². The highest BCUT2D eigenvalue weighted by Gasteiger charge is 2.26. The van der Waals surface area contributed by atoms with E-state index in [1.54, 1.807) is 18.2 Å². The van der Waals surface area contributed by atoms with E-state index < -0.39 is 11.8 Å². The Labute approximate surface area is 138 Å². The van der Waals surface area contributed by atoms with Crippen LogP contribution in [0, 0.1) is 0 Å². The third-order valence-corrected chi connectivity index (χ3v) is 3.41. The maximum atomic E-state index is 11.9. The normalized spacial score (nSPS) is 14.5. The molecule has 5 nitrogen and oxygen atoms in total. The molecule has 22 heavy (non-hydrogen) atoms. The van der Waals surface area contributed by atoms with Crippen molar-refractivity contribution >= 4 is 46.8 Å². The first kappa shape index (κ1) is 16.5. The Morgan fingerprint density at radius 2 is 1.95 bits per heavy atom. The number of ether oxygens (including phenoxy) is 1. The molecule has 1 aliphatic heterocycles. The van der Waals surface area contributed by atoms with Gasteiger partial charge in [0.25, 0.3) is 11.8 Å². The lowest BCUT2D eigenvalue weighted by atomic mass is 10.1. The van der Waals surface area contributed by atoms with Gasteiger partial charge in [-0.15, -0.1) is 0 Å². The molecule has 0 radical (unpaired) electrons. The highest BCUT2D eigenvalue weighted by molar-refractivity contribution is 7.80. The minimum Gasteiger partial charge on any atom is -0.493 e. The number of hydrogen-bond acceptors (Lipinski definition) is 4. The van der Waals surface area contributed by atoms with E-state index in [0.29, 0.717) is 22.9 Å². The van der Waals surface area contributed by atoms with Crippen molar-refractivity contribution in [1.82, 2.24) is 10.6 Å². The summed E-state index contributed by atoms with van der Waals surface area (Å²) in [5.41, 5.74) is 0.521. The molecule has 2 rings (SSSR count). The second kappa shape index (κ2) is 7.38. The van der Waals surface area contributed by atoms with Crippen molar-refractivity contribution in [2.24, 2.45) is 0 Å². The van der Waals surface area contributed by atoms with E-state index in [0.717, 1.165) is 12.8 Å². The van der Waals surface area contributed by atoms with Crippen LogP contribution in [-0.4, -0.2) is 23.5 Å². The van der Waals surface area contributed by atoms with Crippen LogP contribution in [0.25, 0.3) is 6.08 Å². The molecule has 2 amide bonds. The minimum absolute atomic E-state index is 0.00216. The zero-order chi connectivity index (χ0) is 16.1. The molecule has 0 bridgehead atoms. The highest BCUT2D eigenvalue weighted by Crippen LogP contribution is 2.26. The summed E-state index contributed by atoms with van der Waals surface area (Å²) in [6.07, 6.45) is 3.36.